The van der Waals surface area contributed by atoms with Gasteiger partial charge in [0, 0.05) is 49.6 Å². The van der Waals surface area contributed by atoms with Crippen LogP contribution >= 0.6 is 11.3 Å². The zero-order chi connectivity index (χ0) is 30.4. The number of nitrogens with one attached hydrogen (secondary N) is 2. The molecule has 2 aliphatic rings. The molecule has 2 saturated heterocycles. The number of carbonyl (C=O) groups is 3. The van der Waals surface area contributed by atoms with Crippen LogP contribution in [0.4, 0.5) is 4.79 Å². The molecule has 2 aliphatic heterocycles. The summed E-state index contributed by atoms with van der Waals surface area (Å²) in [6.07, 6.45) is 5.02. The predicted octanol–water partition coefficient (Wildman–Crippen LogP) is 5.25. The molecule has 0 bridgehead atoms. The van der Waals surface area contributed by atoms with Crippen LogP contribution in [0.15, 0.2) is 48.7 Å². The van der Waals surface area contributed by atoms with Gasteiger partial charge in [-0.05, 0) is 76.8 Å². The number of likely N-dealkylation sites (tertiary alicyclic amines) is 1. The minimum atomic E-state index is -0.508. The summed E-state index contributed by atoms with van der Waals surface area (Å²) in [5.74, 6) is -0.255. The first-order valence-electron chi connectivity index (χ1n) is 14.7. The molecule has 2 aromatic carbocycles. The summed E-state index contributed by atoms with van der Waals surface area (Å²) in [6.45, 7) is 7.30. The van der Waals surface area contributed by atoms with Crippen LogP contribution in [0, 0.1) is 0 Å². The van der Waals surface area contributed by atoms with E-state index in [0.717, 1.165) is 52.1 Å². The number of rotatable bonds is 5. The van der Waals surface area contributed by atoms with Crippen molar-refractivity contribution < 1.29 is 23.9 Å². The van der Waals surface area contributed by atoms with Crippen LogP contribution in [0.2, 0.25) is 0 Å². The zero-order valence-corrected chi connectivity index (χ0v) is 25.8. The fraction of sp³-hybridized carbons (Fsp3) is 0.438. The number of imidazole rings is 1. The highest BCUT2D eigenvalue weighted by Gasteiger charge is 2.43. The molecule has 1 spiro atoms. The van der Waals surface area contributed by atoms with Gasteiger partial charge in [-0.25, -0.2) is 9.78 Å². The summed E-state index contributed by atoms with van der Waals surface area (Å²) in [6, 6.07) is 13.1. The summed E-state index contributed by atoms with van der Waals surface area (Å²) >= 11 is 1.53. The number of aromatic nitrogens is 2. The van der Waals surface area contributed by atoms with E-state index in [1.807, 2.05) is 61.7 Å². The SMILES string of the molecule is CNC(=O)c1ccc(-c2cn3c(n2)sc2cc(C(=O)NCC4CCC5(CCN(C(=O)OC(C)(C)C)CC5)O4)ccc23)cc1. The van der Waals surface area contributed by atoms with Gasteiger partial charge in [-0.1, -0.05) is 23.5 Å². The van der Waals surface area contributed by atoms with Crippen LogP contribution in [0.1, 0.15) is 67.2 Å². The lowest BCUT2D eigenvalue weighted by molar-refractivity contribution is -0.0764. The highest BCUT2D eigenvalue weighted by atomic mass is 32.1. The lowest BCUT2D eigenvalue weighted by atomic mass is 9.88. The van der Waals surface area contributed by atoms with Crippen LogP contribution in [0.3, 0.4) is 0 Å². The van der Waals surface area contributed by atoms with Gasteiger partial charge in [0.25, 0.3) is 11.8 Å². The largest absolute Gasteiger partial charge is 0.444 e. The first kappa shape index (κ1) is 29.1. The molecule has 226 valence electrons. The maximum atomic E-state index is 13.1. The lowest BCUT2D eigenvalue weighted by Gasteiger charge is -2.39. The minimum Gasteiger partial charge on any atom is -0.444 e. The van der Waals surface area contributed by atoms with E-state index >= 15 is 0 Å². The van der Waals surface area contributed by atoms with Crippen molar-refractivity contribution in [3.8, 4) is 11.3 Å². The van der Waals surface area contributed by atoms with E-state index in [1.54, 1.807) is 24.1 Å². The molecular formula is C32H37N5O5S. The molecule has 4 aromatic rings. The Morgan fingerprint density at radius 1 is 1.05 bits per heavy atom. The maximum absolute atomic E-state index is 13.1. The molecular weight excluding hydrogens is 566 g/mol. The molecule has 1 unspecified atom stereocenters. The molecule has 0 saturated carbocycles. The minimum absolute atomic E-state index is 0.0466. The van der Waals surface area contributed by atoms with Crippen molar-refractivity contribution in [3.05, 3.63) is 59.8 Å². The molecule has 11 heteroatoms. The molecule has 10 nitrogen and oxygen atoms in total. The Morgan fingerprint density at radius 2 is 1.77 bits per heavy atom. The number of amides is 3. The van der Waals surface area contributed by atoms with Gasteiger partial charge in [0.2, 0.25) is 0 Å². The number of carbonyl (C=O) groups excluding carboxylic acids is 3. The fourth-order valence-corrected chi connectivity index (χ4v) is 6.90. The number of benzene rings is 2. The van der Waals surface area contributed by atoms with E-state index in [9.17, 15) is 14.4 Å². The molecule has 3 amide bonds. The molecule has 2 aromatic heterocycles. The molecule has 1 atom stereocenters. The van der Waals surface area contributed by atoms with Gasteiger partial charge >= 0.3 is 6.09 Å². The van der Waals surface area contributed by atoms with E-state index in [1.165, 1.54) is 11.3 Å². The van der Waals surface area contributed by atoms with E-state index in [2.05, 4.69) is 10.6 Å². The zero-order valence-electron chi connectivity index (χ0n) is 24.9. The van der Waals surface area contributed by atoms with Gasteiger partial charge in [0.1, 0.15) is 5.60 Å². The maximum Gasteiger partial charge on any atom is 0.410 e. The van der Waals surface area contributed by atoms with Gasteiger partial charge < -0.3 is 25.0 Å². The van der Waals surface area contributed by atoms with E-state index in [4.69, 9.17) is 14.5 Å². The van der Waals surface area contributed by atoms with Gasteiger partial charge in [0.05, 0.1) is 27.6 Å². The van der Waals surface area contributed by atoms with Gasteiger partial charge in [-0.15, -0.1) is 0 Å². The molecule has 0 radical (unpaired) electrons. The average Bonchev–Trinajstić information content (AvgIpc) is 3.68. The summed E-state index contributed by atoms with van der Waals surface area (Å²) in [4.78, 5) is 44.7. The fourth-order valence-electron chi connectivity index (χ4n) is 5.86. The number of ether oxygens (including phenoxy) is 2. The van der Waals surface area contributed by atoms with Gasteiger partial charge in [-0.2, -0.15) is 0 Å². The Kier molecular flexibility index (Phi) is 7.64. The first-order chi connectivity index (χ1) is 20.5. The van der Waals surface area contributed by atoms with Crippen molar-refractivity contribution >= 4 is 44.4 Å². The number of hydrogen-bond donors (Lipinski definition) is 2. The van der Waals surface area contributed by atoms with Gasteiger partial charge in [0.15, 0.2) is 4.96 Å². The van der Waals surface area contributed by atoms with Crippen molar-refractivity contribution in [1.82, 2.24) is 24.9 Å². The van der Waals surface area contributed by atoms with E-state index in [0.29, 0.717) is 30.8 Å². The summed E-state index contributed by atoms with van der Waals surface area (Å²) in [7, 11) is 1.61. The van der Waals surface area contributed by atoms with Crippen molar-refractivity contribution in [2.75, 3.05) is 26.7 Å². The third-order valence-corrected chi connectivity index (χ3v) is 9.20. The molecule has 2 N–H and O–H groups in total. The Morgan fingerprint density at radius 3 is 2.47 bits per heavy atom. The first-order valence-corrected chi connectivity index (χ1v) is 15.5. The summed E-state index contributed by atoms with van der Waals surface area (Å²) < 4.78 is 15.0. The second-order valence-electron chi connectivity index (χ2n) is 12.4. The summed E-state index contributed by atoms with van der Waals surface area (Å²) in [5.41, 5.74) is 3.19. The molecule has 6 rings (SSSR count). The number of thiazole rings is 1. The molecule has 4 heterocycles. The Balaban J connectivity index is 1.05. The quantitative estimate of drug-likeness (QED) is 0.322. The number of piperidine rings is 1. The molecule has 2 fully saturated rings. The van der Waals surface area contributed by atoms with E-state index < -0.39 is 5.60 Å². The Labute approximate surface area is 254 Å². The number of hydrogen-bond acceptors (Lipinski definition) is 7. The average molecular weight is 604 g/mol. The monoisotopic (exact) mass is 603 g/mol. The summed E-state index contributed by atoms with van der Waals surface area (Å²) in [5, 5.41) is 5.69. The topological polar surface area (TPSA) is 114 Å². The van der Waals surface area contributed by atoms with Crippen molar-refractivity contribution in [2.24, 2.45) is 0 Å². The molecule has 0 aliphatic carbocycles. The van der Waals surface area contributed by atoms with Crippen LogP contribution in [-0.4, -0.2) is 76.2 Å². The second kappa shape index (κ2) is 11.3. The Bertz CT molecular complexity index is 1680. The third kappa shape index (κ3) is 6.09. The third-order valence-electron chi connectivity index (χ3n) is 8.18. The standard InChI is InChI=1S/C32H37N5O5S/c1-31(2,3)42-30(40)36-15-13-32(14-16-36)12-11-23(41-32)18-34-28(39)22-9-10-25-26(17-22)43-29-35-24(19-37(25)29)20-5-7-21(8-6-20)27(38)33-4/h5-10,17,19,23H,11-16,18H2,1-4H3,(H,33,38)(H,34,39). The highest BCUT2D eigenvalue weighted by Crippen LogP contribution is 2.39. The molecule has 43 heavy (non-hydrogen) atoms. The predicted molar refractivity (Wildman–Crippen MR) is 166 cm³/mol. The van der Waals surface area contributed by atoms with Crippen molar-refractivity contribution in [3.63, 3.8) is 0 Å². The second-order valence-corrected chi connectivity index (χ2v) is 13.4. The smallest absolute Gasteiger partial charge is 0.410 e. The number of nitrogens with zero attached hydrogens (tertiary/aromatic N) is 3. The Hall–Kier alpha value is -3.96. The van der Waals surface area contributed by atoms with E-state index in [-0.39, 0.29) is 29.6 Å². The lowest BCUT2D eigenvalue weighted by Crippen LogP contribution is -2.48. The van der Waals surface area contributed by atoms with Gasteiger partial charge in [-0.3, -0.25) is 14.0 Å². The van der Waals surface area contributed by atoms with Crippen LogP contribution in [0.25, 0.3) is 26.4 Å². The van der Waals surface area contributed by atoms with Crippen LogP contribution in [0.5, 0.6) is 0 Å². The van der Waals surface area contributed by atoms with Crippen LogP contribution in [-0.2, 0) is 9.47 Å². The normalized spacial score (nSPS) is 18.3. The van der Waals surface area contributed by atoms with Crippen molar-refractivity contribution in [2.45, 2.75) is 63.8 Å². The van der Waals surface area contributed by atoms with Crippen LogP contribution < -0.4 is 10.6 Å². The number of fused-ring (bicyclic) bond motifs is 3. The van der Waals surface area contributed by atoms with Crippen molar-refractivity contribution in [1.29, 1.82) is 0 Å². The highest BCUT2D eigenvalue weighted by molar-refractivity contribution is 7.23.